The summed E-state index contributed by atoms with van der Waals surface area (Å²) in [5.74, 6) is 1.62. The van der Waals surface area contributed by atoms with Crippen LogP contribution >= 0.6 is 11.8 Å². The first-order chi connectivity index (χ1) is 9.61. The van der Waals surface area contributed by atoms with Gasteiger partial charge in [0.2, 0.25) is 0 Å². The fourth-order valence-electron chi connectivity index (χ4n) is 1.84. The smallest absolute Gasteiger partial charge is 0.167 e. The highest BCUT2D eigenvalue weighted by molar-refractivity contribution is 7.98. The fraction of sp³-hybridized carbons (Fsp3) is 0.333. The van der Waals surface area contributed by atoms with E-state index >= 15 is 0 Å². The topological polar surface area (TPSA) is 44.1 Å². The molecule has 1 aromatic carbocycles. The molecule has 0 aliphatic carbocycles. The summed E-state index contributed by atoms with van der Waals surface area (Å²) in [5, 5.41) is 0.945. The predicted octanol–water partition coefficient (Wildman–Crippen LogP) is 3.31. The summed E-state index contributed by atoms with van der Waals surface area (Å²) >= 11 is 1.63. The van der Waals surface area contributed by atoms with E-state index in [0.717, 1.165) is 22.2 Å². The number of hydrogen-bond donors (Lipinski definition) is 0. The Bertz CT molecular complexity index is 608. The molecule has 0 spiro atoms. The molecule has 0 aliphatic rings. The Balaban J connectivity index is 2.21. The Hall–Kier alpha value is -1.75. The average molecular weight is 290 g/mol. The van der Waals surface area contributed by atoms with Gasteiger partial charge in [-0.1, -0.05) is 11.8 Å². The van der Waals surface area contributed by atoms with E-state index in [4.69, 9.17) is 4.74 Å². The van der Waals surface area contributed by atoms with Crippen molar-refractivity contribution in [1.29, 1.82) is 0 Å². The lowest BCUT2D eigenvalue weighted by atomic mass is 10.1. The minimum absolute atomic E-state index is 0.0660. The molecule has 0 saturated carbocycles. The van der Waals surface area contributed by atoms with Crippen molar-refractivity contribution < 1.29 is 9.53 Å². The normalized spacial score (nSPS) is 10.6. The largest absolute Gasteiger partial charge is 0.494 e. The van der Waals surface area contributed by atoms with Gasteiger partial charge in [-0.2, -0.15) is 0 Å². The van der Waals surface area contributed by atoms with Crippen LogP contribution in [-0.2, 0) is 12.8 Å². The molecule has 5 heteroatoms. The molecule has 0 N–H and O–H groups in total. The molecule has 0 fully saturated rings. The second-order valence-electron chi connectivity index (χ2n) is 4.42. The van der Waals surface area contributed by atoms with Gasteiger partial charge < -0.3 is 9.30 Å². The molecule has 2 aromatic rings. The van der Waals surface area contributed by atoms with Crippen LogP contribution < -0.4 is 4.74 Å². The van der Waals surface area contributed by atoms with E-state index in [2.05, 4.69) is 4.98 Å². The van der Waals surface area contributed by atoms with Gasteiger partial charge >= 0.3 is 0 Å². The number of Topliss-reactive ketones (excluding diaryl/α,β-unsaturated/α-hetero) is 1. The van der Waals surface area contributed by atoms with Crippen molar-refractivity contribution >= 4 is 17.5 Å². The molecule has 0 atom stereocenters. The maximum atomic E-state index is 11.5. The van der Waals surface area contributed by atoms with Crippen molar-refractivity contribution in [2.75, 3.05) is 6.61 Å². The number of carbonyl (C=O) groups excluding carboxylic acids is 1. The lowest BCUT2D eigenvalue weighted by Gasteiger charge is -2.11. The Kier molecular flexibility index (Phi) is 4.84. The Morgan fingerprint density at radius 3 is 2.85 bits per heavy atom. The molecule has 4 nitrogen and oxygen atoms in total. The molecule has 106 valence electrons. The van der Waals surface area contributed by atoms with Gasteiger partial charge in [-0.05, 0) is 32.0 Å². The summed E-state index contributed by atoms with van der Waals surface area (Å²) in [5.41, 5.74) is 1.73. The van der Waals surface area contributed by atoms with Gasteiger partial charge in [0.25, 0.3) is 0 Å². The Labute approximate surface area is 123 Å². The molecule has 0 amide bonds. The number of ketones is 1. The quantitative estimate of drug-likeness (QED) is 0.605. The van der Waals surface area contributed by atoms with Crippen molar-refractivity contribution in [3.63, 3.8) is 0 Å². The van der Waals surface area contributed by atoms with Crippen molar-refractivity contribution in [1.82, 2.24) is 9.55 Å². The second kappa shape index (κ2) is 6.61. The van der Waals surface area contributed by atoms with E-state index in [-0.39, 0.29) is 5.78 Å². The molecular formula is C15H18N2O2S. The summed E-state index contributed by atoms with van der Waals surface area (Å²) < 4.78 is 7.59. The van der Waals surface area contributed by atoms with Crippen LogP contribution in [0.5, 0.6) is 5.75 Å². The Morgan fingerprint density at radius 1 is 1.45 bits per heavy atom. The minimum atomic E-state index is 0.0660. The van der Waals surface area contributed by atoms with Crippen LogP contribution in [0.4, 0.5) is 0 Å². The van der Waals surface area contributed by atoms with Gasteiger partial charge in [-0.25, -0.2) is 4.98 Å². The van der Waals surface area contributed by atoms with E-state index < -0.39 is 0 Å². The van der Waals surface area contributed by atoms with Crippen LogP contribution in [0.15, 0.2) is 35.7 Å². The lowest BCUT2D eigenvalue weighted by molar-refractivity contribution is 0.101. The van der Waals surface area contributed by atoms with Crippen LogP contribution in [0.3, 0.4) is 0 Å². The van der Waals surface area contributed by atoms with Gasteiger partial charge in [-0.3, -0.25) is 4.79 Å². The van der Waals surface area contributed by atoms with Crippen LogP contribution in [0.1, 0.15) is 29.8 Å². The summed E-state index contributed by atoms with van der Waals surface area (Å²) in [4.78, 5) is 15.8. The molecule has 0 radical (unpaired) electrons. The molecule has 20 heavy (non-hydrogen) atoms. The van der Waals surface area contributed by atoms with Crippen LogP contribution in [0.25, 0.3) is 0 Å². The first-order valence-electron chi connectivity index (χ1n) is 6.48. The number of aryl methyl sites for hydroxylation is 1. The highest BCUT2D eigenvalue weighted by Gasteiger charge is 2.09. The third kappa shape index (κ3) is 3.42. The SMILES string of the molecule is CCOc1ccc(C(C)=O)cc1CSc1nccn1C. The third-order valence-corrected chi connectivity index (χ3v) is 4.01. The van der Waals surface area contributed by atoms with Crippen molar-refractivity contribution in [3.8, 4) is 5.75 Å². The molecule has 0 unspecified atom stereocenters. The molecule has 1 aromatic heterocycles. The van der Waals surface area contributed by atoms with E-state index in [1.54, 1.807) is 24.9 Å². The molecule has 0 saturated heterocycles. The molecule has 0 aliphatic heterocycles. The Morgan fingerprint density at radius 2 is 2.25 bits per heavy atom. The molecule has 1 heterocycles. The molecule has 0 bridgehead atoms. The summed E-state index contributed by atoms with van der Waals surface area (Å²) in [7, 11) is 1.96. The minimum Gasteiger partial charge on any atom is -0.494 e. The maximum Gasteiger partial charge on any atom is 0.167 e. The molecule has 2 rings (SSSR count). The number of ether oxygens (including phenoxy) is 1. The first kappa shape index (κ1) is 14.7. The monoisotopic (exact) mass is 290 g/mol. The van der Waals surface area contributed by atoms with Gasteiger partial charge in [0, 0.05) is 36.3 Å². The number of carbonyl (C=O) groups is 1. The van der Waals surface area contributed by atoms with Gasteiger partial charge in [-0.15, -0.1) is 0 Å². The second-order valence-corrected chi connectivity index (χ2v) is 5.36. The zero-order valence-electron chi connectivity index (χ0n) is 11.9. The van der Waals surface area contributed by atoms with E-state index in [0.29, 0.717) is 12.2 Å². The predicted molar refractivity (Wildman–Crippen MR) is 80.4 cm³/mol. The number of imidazole rings is 1. The number of thioether (sulfide) groups is 1. The summed E-state index contributed by atoms with van der Waals surface area (Å²) in [6, 6.07) is 5.58. The van der Waals surface area contributed by atoms with Crippen LogP contribution in [-0.4, -0.2) is 21.9 Å². The van der Waals surface area contributed by atoms with Gasteiger partial charge in [0.05, 0.1) is 6.61 Å². The van der Waals surface area contributed by atoms with Crippen LogP contribution in [0, 0.1) is 0 Å². The number of rotatable bonds is 6. The number of hydrogen-bond acceptors (Lipinski definition) is 4. The highest BCUT2D eigenvalue weighted by Crippen LogP contribution is 2.28. The van der Waals surface area contributed by atoms with Crippen molar-refractivity contribution in [3.05, 3.63) is 41.7 Å². The maximum absolute atomic E-state index is 11.5. The fourth-order valence-corrected chi connectivity index (χ4v) is 2.75. The van der Waals surface area contributed by atoms with Gasteiger partial charge in [0.1, 0.15) is 5.75 Å². The molecular weight excluding hydrogens is 272 g/mol. The van der Waals surface area contributed by atoms with Crippen molar-refractivity contribution in [2.24, 2.45) is 7.05 Å². The number of nitrogens with zero attached hydrogens (tertiary/aromatic N) is 2. The summed E-state index contributed by atoms with van der Waals surface area (Å²) in [6.07, 6.45) is 3.69. The van der Waals surface area contributed by atoms with E-state index in [1.807, 2.05) is 42.9 Å². The third-order valence-electron chi connectivity index (χ3n) is 2.90. The van der Waals surface area contributed by atoms with Gasteiger partial charge in [0.15, 0.2) is 10.9 Å². The lowest BCUT2D eigenvalue weighted by Crippen LogP contribution is -2.00. The number of aromatic nitrogens is 2. The first-order valence-corrected chi connectivity index (χ1v) is 7.47. The average Bonchev–Trinajstić information content (AvgIpc) is 2.83. The van der Waals surface area contributed by atoms with E-state index in [1.165, 1.54) is 0 Å². The van der Waals surface area contributed by atoms with Crippen LogP contribution in [0.2, 0.25) is 0 Å². The van der Waals surface area contributed by atoms with Crippen molar-refractivity contribution in [2.45, 2.75) is 24.8 Å². The standard InChI is InChI=1S/C15H18N2O2S/c1-4-19-14-6-5-12(11(2)18)9-13(14)10-20-15-16-7-8-17(15)3/h5-9H,4,10H2,1-3H3. The zero-order chi connectivity index (χ0) is 14.5. The highest BCUT2D eigenvalue weighted by atomic mass is 32.2. The summed E-state index contributed by atoms with van der Waals surface area (Å²) in [6.45, 7) is 4.14. The van der Waals surface area contributed by atoms with E-state index in [9.17, 15) is 4.79 Å². The number of benzene rings is 1. The zero-order valence-corrected chi connectivity index (χ0v) is 12.7.